The molecule has 0 spiro atoms. The summed E-state index contributed by atoms with van der Waals surface area (Å²) < 4.78 is 0. The van der Waals surface area contributed by atoms with Crippen molar-refractivity contribution in [3.05, 3.63) is 63.0 Å². The van der Waals surface area contributed by atoms with Crippen molar-refractivity contribution in [2.75, 3.05) is 0 Å². The molecule has 0 saturated carbocycles. The van der Waals surface area contributed by atoms with Crippen LogP contribution in [0.25, 0.3) is 40.8 Å². The molecular weight excluding hydrogens is 288 g/mol. The smallest absolute Gasteiger partial charge is 0.00273 e. The van der Waals surface area contributed by atoms with E-state index in [1.807, 2.05) is 6.08 Å². The number of hydrogen-bond acceptors (Lipinski definition) is 0. The summed E-state index contributed by atoms with van der Waals surface area (Å²) in [6.45, 7) is 23.9. The van der Waals surface area contributed by atoms with Crippen LogP contribution in [0.1, 0.15) is 47.6 Å². The van der Waals surface area contributed by atoms with Crippen molar-refractivity contribution in [3.8, 4) is 0 Å². The summed E-state index contributed by atoms with van der Waals surface area (Å²) in [5.74, 6) is 0.454. The molecule has 3 rings (SSSR count). The molecule has 0 aliphatic heterocycles. The van der Waals surface area contributed by atoms with Gasteiger partial charge in [-0.25, -0.2) is 0 Å². The van der Waals surface area contributed by atoms with Gasteiger partial charge in [-0.2, -0.15) is 0 Å². The first-order valence-electron chi connectivity index (χ1n) is 8.59. The SMILES string of the molecule is C=Cc1c(C)cc(C)c2c1c(=C)c(=C)c1c(C(C)C)ccc(C)c12. The van der Waals surface area contributed by atoms with Gasteiger partial charge in [0.25, 0.3) is 0 Å². The summed E-state index contributed by atoms with van der Waals surface area (Å²) in [6.07, 6.45) is 1.96. The molecule has 0 bridgehead atoms. The molecule has 0 fully saturated rings. The zero-order valence-corrected chi connectivity index (χ0v) is 15.5. The third kappa shape index (κ3) is 2.13. The number of benzene rings is 3. The van der Waals surface area contributed by atoms with Gasteiger partial charge in [0.2, 0.25) is 0 Å². The van der Waals surface area contributed by atoms with E-state index in [4.69, 9.17) is 0 Å². The Balaban J connectivity index is 2.84. The molecule has 0 N–H and O–H groups in total. The molecule has 0 atom stereocenters. The van der Waals surface area contributed by atoms with Gasteiger partial charge in [-0.05, 0) is 86.5 Å². The molecule has 0 radical (unpaired) electrons. The lowest BCUT2D eigenvalue weighted by Crippen LogP contribution is -2.26. The number of rotatable bonds is 2. The third-order valence-corrected chi connectivity index (χ3v) is 5.26. The van der Waals surface area contributed by atoms with E-state index in [0.717, 1.165) is 10.4 Å². The fraction of sp³-hybridized carbons (Fsp3) is 0.250. The third-order valence-electron chi connectivity index (χ3n) is 5.26. The van der Waals surface area contributed by atoms with Crippen molar-refractivity contribution in [2.45, 2.75) is 40.5 Å². The predicted molar refractivity (Wildman–Crippen MR) is 110 cm³/mol. The maximum atomic E-state index is 4.42. The number of aryl methyl sites for hydroxylation is 3. The Hall–Kier alpha value is -2.34. The summed E-state index contributed by atoms with van der Waals surface area (Å²) in [4.78, 5) is 0. The van der Waals surface area contributed by atoms with Gasteiger partial charge in [0.05, 0.1) is 0 Å². The van der Waals surface area contributed by atoms with E-state index >= 15 is 0 Å². The van der Waals surface area contributed by atoms with E-state index in [1.165, 1.54) is 49.4 Å². The van der Waals surface area contributed by atoms with Crippen LogP contribution in [0.2, 0.25) is 0 Å². The van der Waals surface area contributed by atoms with Crippen molar-refractivity contribution < 1.29 is 0 Å². The number of fused-ring (bicyclic) bond motifs is 3. The fourth-order valence-electron chi connectivity index (χ4n) is 4.06. The van der Waals surface area contributed by atoms with Crippen LogP contribution in [0, 0.1) is 20.8 Å². The first-order valence-corrected chi connectivity index (χ1v) is 8.59. The summed E-state index contributed by atoms with van der Waals surface area (Å²) in [6, 6.07) is 6.76. The Bertz CT molecular complexity index is 1100. The highest BCUT2D eigenvalue weighted by atomic mass is 14.2. The zero-order valence-electron chi connectivity index (χ0n) is 15.5. The second kappa shape index (κ2) is 5.63. The summed E-state index contributed by atoms with van der Waals surface area (Å²) >= 11 is 0. The molecule has 3 aromatic carbocycles. The average molecular weight is 314 g/mol. The monoisotopic (exact) mass is 314 g/mol. The number of hydrogen-bond donors (Lipinski definition) is 0. The molecule has 0 nitrogen and oxygen atoms in total. The molecule has 0 heterocycles. The van der Waals surface area contributed by atoms with Crippen molar-refractivity contribution in [2.24, 2.45) is 0 Å². The lowest BCUT2D eigenvalue weighted by Gasteiger charge is -2.19. The molecule has 0 amide bonds. The second-order valence-electron chi connectivity index (χ2n) is 7.21. The van der Waals surface area contributed by atoms with Crippen LogP contribution < -0.4 is 10.4 Å². The quantitative estimate of drug-likeness (QED) is 0.547. The van der Waals surface area contributed by atoms with Crippen LogP contribution in [-0.4, -0.2) is 0 Å². The van der Waals surface area contributed by atoms with Crippen LogP contribution in [0.5, 0.6) is 0 Å². The van der Waals surface area contributed by atoms with Gasteiger partial charge in [0.15, 0.2) is 0 Å². The van der Waals surface area contributed by atoms with Crippen LogP contribution in [0.4, 0.5) is 0 Å². The second-order valence-corrected chi connectivity index (χ2v) is 7.21. The van der Waals surface area contributed by atoms with Gasteiger partial charge >= 0.3 is 0 Å². The molecule has 0 aromatic heterocycles. The Morgan fingerprint density at radius 2 is 1.38 bits per heavy atom. The molecule has 0 saturated heterocycles. The average Bonchev–Trinajstić information content (AvgIpc) is 2.52. The molecule has 0 unspecified atom stereocenters. The van der Waals surface area contributed by atoms with Gasteiger partial charge < -0.3 is 0 Å². The molecule has 0 aliphatic carbocycles. The molecule has 3 aromatic rings. The maximum Gasteiger partial charge on any atom is -0.00273 e. The zero-order chi connectivity index (χ0) is 17.8. The lowest BCUT2D eigenvalue weighted by molar-refractivity contribution is 0.875. The van der Waals surface area contributed by atoms with Crippen molar-refractivity contribution >= 4 is 40.8 Å². The Kier molecular flexibility index (Phi) is 3.87. The Morgan fingerprint density at radius 3 is 1.96 bits per heavy atom. The van der Waals surface area contributed by atoms with Crippen LogP contribution in [0.3, 0.4) is 0 Å². The first kappa shape index (κ1) is 16.5. The Morgan fingerprint density at radius 1 is 0.792 bits per heavy atom. The topological polar surface area (TPSA) is 0 Å². The normalized spacial score (nSPS) is 11.6. The van der Waals surface area contributed by atoms with Crippen LogP contribution in [-0.2, 0) is 0 Å². The van der Waals surface area contributed by atoms with Crippen molar-refractivity contribution in [1.29, 1.82) is 0 Å². The predicted octanol–water partition coefficient (Wildman–Crippen LogP) is 5.51. The molecule has 122 valence electrons. The molecule has 0 aliphatic rings. The minimum atomic E-state index is 0.454. The standard InChI is InChI=1S/C24H26/c1-9-19-15(5)12-16(6)22-21-14(4)10-11-20(13(2)3)24(21)18(8)17(7)23(19)22/h9-13H,1,7-8H2,2-6H3. The van der Waals surface area contributed by atoms with Gasteiger partial charge in [-0.3, -0.25) is 0 Å². The van der Waals surface area contributed by atoms with E-state index in [0.29, 0.717) is 5.92 Å². The highest BCUT2D eigenvalue weighted by Crippen LogP contribution is 2.34. The van der Waals surface area contributed by atoms with Crippen molar-refractivity contribution in [3.63, 3.8) is 0 Å². The molecule has 24 heavy (non-hydrogen) atoms. The first-order chi connectivity index (χ1) is 11.3. The largest absolute Gasteiger partial charge is 0.0984 e. The highest BCUT2D eigenvalue weighted by Gasteiger charge is 2.16. The van der Waals surface area contributed by atoms with Crippen LogP contribution in [0.15, 0.2) is 24.8 Å². The van der Waals surface area contributed by atoms with Gasteiger partial charge in [-0.1, -0.05) is 57.9 Å². The minimum absolute atomic E-state index is 0.454. The van der Waals surface area contributed by atoms with Gasteiger partial charge in [0, 0.05) is 0 Å². The highest BCUT2D eigenvalue weighted by molar-refractivity contribution is 6.14. The summed E-state index contributed by atoms with van der Waals surface area (Å²) in [5.41, 5.74) is 6.38. The van der Waals surface area contributed by atoms with Gasteiger partial charge in [-0.15, -0.1) is 0 Å². The van der Waals surface area contributed by atoms with E-state index in [1.54, 1.807) is 0 Å². The summed E-state index contributed by atoms with van der Waals surface area (Å²) in [7, 11) is 0. The van der Waals surface area contributed by atoms with E-state index in [9.17, 15) is 0 Å². The molecule has 0 heteroatoms. The van der Waals surface area contributed by atoms with E-state index in [-0.39, 0.29) is 0 Å². The fourth-order valence-corrected chi connectivity index (χ4v) is 4.06. The van der Waals surface area contributed by atoms with E-state index in [2.05, 4.69) is 72.6 Å². The van der Waals surface area contributed by atoms with Gasteiger partial charge in [0.1, 0.15) is 0 Å². The van der Waals surface area contributed by atoms with Crippen molar-refractivity contribution in [1.82, 2.24) is 0 Å². The van der Waals surface area contributed by atoms with E-state index < -0.39 is 0 Å². The van der Waals surface area contributed by atoms with Crippen LogP contribution >= 0.6 is 0 Å². The Labute approximate surface area is 144 Å². The maximum absolute atomic E-state index is 4.42. The minimum Gasteiger partial charge on any atom is -0.0984 e. The lowest BCUT2D eigenvalue weighted by atomic mass is 9.85. The summed E-state index contributed by atoms with van der Waals surface area (Å²) in [5, 5.41) is 7.22. The molecular formula is C24H26.